The molecule has 0 aliphatic carbocycles. The predicted octanol–water partition coefficient (Wildman–Crippen LogP) is 5.65. The zero-order valence-corrected chi connectivity index (χ0v) is 12.2. The Morgan fingerprint density at radius 2 is 1.40 bits per heavy atom. The van der Waals surface area contributed by atoms with Crippen LogP contribution in [0.3, 0.4) is 0 Å². The zero-order valence-electron chi connectivity index (χ0n) is 9.95. The third kappa shape index (κ3) is 2.01. The standard InChI is InChI=1S/C15H7Cl3O2/c16-12-4-9-7(2-1-3-8(9)15(19)20)10-5-13(17)14(18)6-11(10)12/h1-6H,(H,19,20). The number of benzene rings is 3. The lowest BCUT2D eigenvalue weighted by molar-refractivity contribution is 0.0699. The Hall–Kier alpha value is -1.48. The first kappa shape index (κ1) is 13.5. The highest BCUT2D eigenvalue weighted by atomic mass is 35.5. The van der Waals surface area contributed by atoms with Crippen LogP contribution >= 0.6 is 34.8 Å². The van der Waals surface area contributed by atoms with Gasteiger partial charge in [0.1, 0.15) is 0 Å². The quantitative estimate of drug-likeness (QED) is 0.587. The van der Waals surface area contributed by atoms with Gasteiger partial charge in [-0.05, 0) is 40.4 Å². The molecule has 0 amide bonds. The summed E-state index contributed by atoms with van der Waals surface area (Å²) < 4.78 is 0. The average molecular weight is 326 g/mol. The molecule has 0 spiro atoms. The topological polar surface area (TPSA) is 37.3 Å². The maximum Gasteiger partial charge on any atom is 0.336 e. The molecule has 0 saturated carbocycles. The van der Waals surface area contributed by atoms with Crippen molar-refractivity contribution in [2.45, 2.75) is 0 Å². The Bertz CT molecular complexity index is 872. The van der Waals surface area contributed by atoms with Crippen LogP contribution in [0.15, 0.2) is 36.4 Å². The summed E-state index contributed by atoms with van der Waals surface area (Å²) in [5.74, 6) is -0.994. The van der Waals surface area contributed by atoms with E-state index in [1.807, 2.05) is 6.07 Å². The Balaban J connectivity index is 2.57. The highest BCUT2D eigenvalue weighted by Gasteiger charge is 2.13. The van der Waals surface area contributed by atoms with Crippen LogP contribution in [0, 0.1) is 0 Å². The van der Waals surface area contributed by atoms with E-state index in [0.717, 1.165) is 16.2 Å². The Kier molecular flexibility index (Phi) is 3.25. The molecule has 100 valence electrons. The number of carboxylic acids is 1. The summed E-state index contributed by atoms with van der Waals surface area (Å²) in [5.41, 5.74) is 0.206. The Labute approximate surface area is 129 Å². The number of rotatable bonds is 1. The summed E-state index contributed by atoms with van der Waals surface area (Å²) in [5, 5.41) is 13.4. The predicted molar refractivity (Wildman–Crippen MR) is 83.4 cm³/mol. The molecule has 0 radical (unpaired) electrons. The van der Waals surface area contributed by atoms with E-state index in [1.165, 1.54) is 0 Å². The van der Waals surface area contributed by atoms with Crippen LogP contribution in [0.4, 0.5) is 0 Å². The minimum absolute atomic E-state index is 0.206. The molecule has 2 nitrogen and oxygen atoms in total. The third-order valence-electron chi connectivity index (χ3n) is 3.22. The van der Waals surface area contributed by atoms with Crippen molar-refractivity contribution in [1.29, 1.82) is 0 Å². The van der Waals surface area contributed by atoms with Gasteiger partial charge in [-0.3, -0.25) is 0 Å². The first-order valence-corrected chi connectivity index (χ1v) is 6.85. The van der Waals surface area contributed by atoms with Crippen molar-refractivity contribution in [1.82, 2.24) is 0 Å². The van der Waals surface area contributed by atoms with E-state index in [9.17, 15) is 9.90 Å². The largest absolute Gasteiger partial charge is 0.478 e. The van der Waals surface area contributed by atoms with Gasteiger partial charge in [-0.25, -0.2) is 4.79 Å². The summed E-state index contributed by atoms with van der Waals surface area (Å²) in [4.78, 5) is 11.3. The van der Waals surface area contributed by atoms with Crippen LogP contribution in [0.2, 0.25) is 15.1 Å². The van der Waals surface area contributed by atoms with Gasteiger partial charge >= 0.3 is 5.97 Å². The molecular formula is C15H7Cl3O2. The van der Waals surface area contributed by atoms with Crippen molar-refractivity contribution in [3.8, 4) is 0 Å². The van der Waals surface area contributed by atoms with Crippen molar-refractivity contribution in [2.24, 2.45) is 0 Å². The summed E-state index contributed by atoms with van der Waals surface area (Å²) >= 11 is 18.3. The minimum atomic E-state index is -0.994. The van der Waals surface area contributed by atoms with Crippen LogP contribution in [0.1, 0.15) is 10.4 Å². The van der Waals surface area contributed by atoms with E-state index in [2.05, 4.69) is 0 Å². The highest BCUT2D eigenvalue weighted by Crippen LogP contribution is 2.37. The van der Waals surface area contributed by atoms with Crippen molar-refractivity contribution >= 4 is 62.3 Å². The van der Waals surface area contributed by atoms with Gasteiger partial charge in [-0.1, -0.05) is 46.9 Å². The monoisotopic (exact) mass is 324 g/mol. The van der Waals surface area contributed by atoms with Gasteiger partial charge in [0.25, 0.3) is 0 Å². The smallest absolute Gasteiger partial charge is 0.336 e. The number of halogens is 3. The van der Waals surface area contributed by atoms with Gasteiger partial charge < -0.3 is 5.11 Å². The summed E-state index contributed by atoms with van der Waals surface area (Å²) in [6.45, 7) is 0. The lowest BCUT2D eigenvalue weighted by atomic mass is 9.98. The lowest BCUT2D eigenvalue weighted by Crippen LogP contribution is -1.97. The van der Waals surface area contributed by atoms with E-state index in [4.69, 9.17) is 34.8 Å². The fourth-order valence-electron chi connectivity index (χ4n) is 2.31. The molecule has 0 aliphatic heterocycles. The molecule has 3 aromatic rings. The molecule has 0 heterocycles. The van der Waals surface area contributed by atoms with E-state index in [-0.39, 0.29) is 5.56 Å². The fourth-order valence-corrected chi connectivity index (χ4v) is 2.91. The van der Waals surface area contributed by atoms with Crippen molar-refractivity contribution in [3.63, 3.8) is 0 Å². The summed E-state index contributed by atoms with van der Waals surface area (Å²) in [6.07, 6.45) is 0. The molecule has 0 bridgehead atoms. The number of carboxylic acid groups (broad SMARTS) is 1. The second-order valence-electron chi connectivity index (χ2n) is 4.38. The van der Waals surface area contributed by atoms with Gasteiger partial charge in [-0.15, -0.1) is 0 Å². The molecule has 3 aromatic carbocycles. The van der Waals surface area contributed by atoms with Crippen LogP contribution in [0.25, 0.3) is 21.5 Å². The summed E-state index contributed by atoms with van der Waals surface area (Å²) in [6, 6.07) is 10.1. The van der Waals surface area contributed by atoms with E-state index in [1.54, 1.807) is 30.3 Å². The maximum atomic E-state index is 11.3. The molecule has 0 aliphatic rings. The molecule has 5 heteroatoms. The van der Waals surface area contributed by atoms with Crippen LogP contribution in [-0.2, 0) is 0 Å². The fraction of sp³-hybridized carbons (Fsp3) is 0. The molecule has 0 atom stereocenters. The number of hydrogen-bond acceptors (Lipinski definition) is 1. The first-order valence-electron chi connectivity index (χ1n) is 5.72. The molecule has 1 N–H and O–H groups in total. The van der Waals surface area contributed by atoms with Crippen molar-refractivity contribution in [2.75, 3.05) is 0 Å². The van der Waals surface area contributed by atoms with Crippen molar-refractivity contribution < 1.29 is 9.90 Å². The third-order valence-corrected chi connectivity index (χ3v) is 4.25. The van der Waals surface area contributed by atoms with Crippen LogP contribution in [0.5, 0.6) is 0 Å². The zero-order chi connectivity index (χ0) is 14.4. The molecule has 0 unspecified atom stereocenters. The Morgan fingerprint density at radius 3 is 2.05 bits per heavy atom. The summed E-state index contributed by atoms with van der Waals surface area (Å²) in [7, 11) is 0. The lowest BCUT2D eigenvalue weighted by Gasteiger charge is -2.10. The molecular weight excluding hydrogens is 319 g/mol. The van der Waals surface area contributed by atoms with Gasteiger partial charge in [0.15, 0.2) is 0 Å². The maximum absolute atomic E-state index is 11.3. The number of carbonyl (C=O) groups is 1. The van der Waals surface area contributed by atoms with Crippen molar-refractivity contribution in [3.05, 3.63) is 57.0 Å². The molecule has 20 heavy (non-hydrogen) atoms. The SMILES string of the molecule is O=C(O)c1cccc2c1cc(Cl)c1cc(Cl)c(Cl)cc12. The van der Waals surface area contributed by atoms with Gasteiger partial charge in [0.2, 0.25) is 0 Å². The van der Waals surface area contributed by atoms with Crippen LogP contribution in [-0.4, -0.2) is 11.1 Å². The van der Waals surface area contributed by atoms with Gasteiger partial charge in [0.05, 0.1) is 15.6 Å². The average Bonchev–Trinajstić information content (AvgIpc) is 2.40. The minimum Gasteiger partial charge on any atom is -0.478 e. The van der Waals surface area contributed by atoms with E-state index < -0.39 is 5.97 Å². The van der Waals surface area contributed by atoms with Crippen LogP contribution < -0.4 is 0 Å². The normalized spacial score (nSPS) is 11.2. The highest BCUT2D eigenvalue weighted by molar-refractivity contribution is 6.44. The van der Waals surface area contributed by atoms with Gasteiger partial charge in [-0.2, -0.15) is 0 Å². The molecule has 0 fully saturated rings. The Morgan fingerprint density at radius 1 is 0.800 bits per heavy atom. The number of aromatic carboxylic acids is 1. The number of hydrogen-bond donors (Lipinski definition) is 1. The second kappa shape index (κ2) is 4.81. The second-order valence-corrected chi connectivity index (χ2v) is 5.60. The molecule has 0 saturated heterocycles. The number of fused-ring (bicyclic) bond motifs is 3. The first-order chi connectivity index (χ1) is 9.49. The molecule has 3 rings (SSSR count). The van der Waals surface area contributed by atoms with E-state index in [0.29, 0.717) is 20.5 Å². The van der Waals surface area contributed by atoms with E-state index >= 15 is 0 Å². The molecule has 0 aromatic heterocycles. The van der Waals surface area contributed by atoms with Gasteiger partial charge in [0, 0.05) is 10.4 Å².